The molecule has 0 spiro atoms. The fraction of sp³-hybridized carbons (Fsp3) is 0.409. The number of hydrogen-bond donors (Lipinski definition) is 0. The Bertz CT molecular complexity index is 957. The molecular weight excluding hydrogens is 366 g/mol. The number of carbonyl (C=O) groups excluding carboxylic acids is 1. The number of ketones is 1. The van der Waals surface area contributed by atoms with Crippen molar-refractivity contribution >= 4 is 11.7 Å². The van der Waals surface area contributed by atoms with Crippen LogP contribution >= 0.6 is 0 Å². The minimum absolute atomic E-state index is 0.161. The van der Waals surface area contributed by atoms with Crippen LogP contribution in [-0.2, 0) is 6.54 Å². The summed E-state index contributed by atoms with van der Waals surface area (Å²) in [6.45, 7) is 9.97. The molecule has 0 amide bonds. The molecule has 1 aliphatic rings. The fourth-order valence-corrected chi connectivity index (χ4v) is 4.01. The number of anilines is 1. The molecule has 7 nitrogen and oxygen atoms in total. The smallest absolute Gasteiger partial charge is 0.225 e. The van der Waals surface area contributed by atoms with Crippen LogP contribution in [-0.4, -0.2) is 57.4 Å². The maximum absolute atomic E-state index is 13.3. The second-order valence-electron chi connectivity index (χ2n) is 7.56. The summed E-state index contributed by atoms with van der Waals surface area (Å²) in [5.41, 5.74) is 2.86. The average Bonchev–Trinajstić information content (AvgIpc) is 3.37. The lowest BCUT2D eigenvalue weighted by Crippen LogP contribution is -2.52. The first-order chi connectivity index (χ1) is 14.0. The monoisotopic (exact) mass is 393 g/mol. The Morgan fingerprint density at radius 1 is 1.14 bits per heavy atom. The normalized spacial score (nSPS) is 16.2. The molecule has 1 aliphatic heterocycles. The number of aromatic nitrogens is 3. The van der Waals surface area contributed by atoms with Crippen LogP contribution in [0.3, 0.4) is 0 Å². The molecule has 0 aliphatic carbocycles. The van der Waals surface area contributed by atoms with Gasteiger partial charge in [-0.3, -0.25) is 9.69 Å². The third kappa shape index (κ3) is 3.96. The number of piperazine rings is 1. The quantitative estimate of drug-likeness (QED) is 0.600. The van der Waals surface area contributed by atoms with Crippen molar-refractivity contribution in [1.82, 2.24) is 19.4 Å². The summed E-state index contributed by atoms with van der Waals surface area (Å²) in [6.07, 6.45) is 5.20. The lowest BCUT2D eigenvalue weighted by Gasteiger charge is -2.37. The van der Waals surface area contributed by atoms with Crippen LogP contribution in [0.25, 0.3) is 0 Å². The van der Waals surface area contributed by atoms with Crippen molar-refractivity contribution in [3.63, 3.8) is 0 Å². The molecule has 1 saturated heterocycles. The van der Waals surface area contributed by atoms with E-state index in [-0.39, 0.29) is 11.8 Å². The molecule has 7 heteroatoms. The third-order valence-corrected chi connectivity index (χ3v) is 5.81. The van der Waals surface area contributed by atoms with Crippen LogP contribution in [0.1, 0.15) is 34.4 Å². The van der Waals surface area contributed by atoms with Gasteiger partial charge in [0.15, 0.2) is 5.78 Å². The van der Waals surface area contributed by atoms with E-state index >= 15 is 0 Å². The largest absolute Gasteiger partial charge is 0.467 e. The summed E-state index contributed by atoms with van der Waals surface area (Å²) in [4.78, 5) is 26.3. The molecule has 0 unspecified atom stereocenters. The van der Waals surface area contributed by atoms with E-state index in [0.717, 1.165) is 54.8 Å². The minimum atomic E-state index is -0.161. The first-order valence-electron chi connectivity index (χ1n) is 10.0. The molecule has 3 aromatic rings. The molecule has 4 rings (SSSR count). The molecule has 0 bridgehead atoms. The SMILES string of the molecule is Cc1cc(C(=O)[C@H](C)N2CCN(c3ncccn3)CC2)c(C)n1Cc1ccco1. The van der Waals surface area contributed by atoms with Crippen molar-refractivity contribution in [3.05, 3.63) is 65.6 Å². The zero-order chi connectivity index (χ0) is 20.4. The number of carbonyl (C=O) groups is 1. The van der Waals surface area contributed by atoms with Gasteiger partial charge in [0.1, 0.15) is 5.76 Å². The summed E-state index contributed by atoms with van der Waals surface area (Å²) in [7, 11) is 0. The number of rotatable bonds is 6. The van der Waals surface area contributed by atoms with Crippen LogP contribution in [0.4, 0.5) is 5.95 Å². The zero-order valence-corrected chi connectivity index (χ0v) is 17.2. The first kappa shape index (κ1) is 19.4. The Labute approximate surface area is 171 Å². The zero-order valence-electron chi connectivity index (χ0n) is 17.2. The second kappa shape index (κ2) is 8.21. The van der Waals surface area contributed by atoms with E-state index in [0.29, 0.717) is 6.54 Å². The predicted octanol–water partition coefficient (Wildman–Crippen LogP) is 2.93. The number of Topliss-reactive ketones (excluding diaryl/α,β-unsaturated/α-hetero) is 1. The van der Waals surface area contributed by atoms with E-state index in [1.165, 1.54) is 0 Å². The van der Waals surface area contributed by atoms with Crippen molar-refractivity contribution in [2.45, 2.75) is 33.4 Å². The molecule has 0 N–H and O–H groups in total. The highest BCUT2D eigenvalue weighted by molar-refractivity contribution is 6.01. The molecule has 1 fully saturated rings. The van der Waals surface area contributed by atoms with Gasteiger partial charge in [-0.1, -0.05) is 0 Å². The topological polar surface area (TPSA) is 67.4 Å². The lowest BCUT2D eigenvalue weighted by molar-refractivity contribution is 0.0828. The van der Waals surface area contributed by atoms with E-state index in [2.05, 4.69) is 24.3 Å². The van der Waals surface area contributed by atoms with Crippen LogP contribution in [0, 0.1) is 13.8 Å². The molecule has 4 heterocycles. The van der Waals surface area contributed by atoms with E-state index in [4.69, 9.17) is 4.42 Å². The maximum Gasteiger partial charge on any atom is 0.225 e. The van der Waals surface area contributed by atoms with Gasteiger partial charge in [-0.15, -0.1) is 0 Å². The van der Waals surface area contributed by atoms with E-state index in [1.54, 1.807) is 18.7 Å². The van der Waals surface area contributed by atoms with Gasteiger partial charge in [-0.2, -0.15) is 0 Å². The predicted molar refractivity (Wildman–Crippen MR) is 111 cm³/mol. The second-order valence-corrected chi connectivity index (χ2v) is 7.56. The highest BCUT2D eigenvalue weighted by Gasteiger charge is 2.29. The maximum atomic E-state index is 13.3. The van der Waals surface area contributed by atoms with E-state index in [1.807, 2.05) is 45.0 Å². The first-order valence-corrected chi connectivity index (χ1v) is 10.0. The number of furan rings is 1. The Morgan fingerprint density at radius 2 is 1.86 bits per heavy atom. The van der Waals surface area contributed by atoms with Crippen molar-refractivity contribution in [3.8, 4) is 0 Å². The van der Waals surface area contributed by atoms with Gasteiger partial charge in [-0.05, 0) is 45.0 Å². The summed E-state index contributed by atoms with van der Waals surface area (Å²) < 4.78 is 7.62. The Hall–Kier alpha value is -2.93. The van der Waals surface area contributed by atoms with Crippen molar-refractivity contribution in [1.29, 1.82) is 0 Å². The standard InChI is InChI=1S/C22H27N5O2/c1-16-14-20(17(2)27(16)15-19-6-4-13-29-19)21(28)18(3)25-9-11-26(12-10-25)22-23-7-5-8-24-22/h4-8,13-14,18H,9-12,15H2,1-3H3/t18-/m0/s1. The van der Waals surface area contributed by atoms with Crippen LogP contribution < -0.4 is 4.90 Å². The number of aryl methyl sites for hydroxylation is 1. The fourth-order valence-electron chi connectivity index (χ4n) is 4.01. The molecule has 152 valence electrons. The van der Waals surface area contributed by atoms with Crippen LogP contribution in [0.15, 0.2) is 47.3 Å². The van der Waals surface area contributed by atoms with Crippen LogP contribution in [0.5, 0.6) is 0 Å². The molecule has 0 radical (unpaired) electrons. The summed E-state index contributed by atoms with van der Waals surface area (Å²) >= 11 is 0. The van der Waals surface area contributed by atoms with Crippen molar-refractivity contribution in [2.24, 2.45) is 0 Å². The van der Waals surface area contributed by atoms with Gasteiger partial charge in [0.2, 0.25) is 5.95 Å². The van der Waals surface area contributed by atoms with E-state index in [9.17, 15) is 4.79 Å². The Morgan fingerprint density at radius 3 is 2.52 bits per heavy atom. The number of hydrogen-bond acceptors (Lipinski definition) is 6. The average molecular weight is 393 g/mol. The summed E-state index contributed by atoms with van der Waals surface area (Å²) in [5, 5.41) is 0. The Balaban J connectivity index is 1.43. The highest BCUT2D eigenvalue weighted by Crippen LogP contribution is 2.21. The van der Waals surface area contributed by atoms with Gasteiger partial charge in [-0.25, -0.2) is 9.97 Å². The lowest BCUT2D eigenvalue weighted by atomic mass is 10.0. The van der Waals surface area contributed by atoms with E-state index < -0.39 is 0 Å². The minimum Gasteiger partial charge on any atom is -0.467 e. The molecule has 3 aromatic heterocycles. The van der Waals surface area contributed by atoms with Crippen molar-refractivity contribution in [2.75, 3.05) is 31.1 Å². The molecule has 1 atom stereocenters. The van der Waals surface area contributed by atoms with Gasteiger partial charge >= 0.3 is 0 Å². The molecular formula is C22H27N5O2. The molecule has 0 saturated carbocycles. The van der Waals surface area contributed by atoms with Crippen LogP contribution in [0.2, 0.25) is 0 Å². The third-order valence-electron chi connectivity index (χ3n) is 5.81. The molecule has 29 heavy (non-hydrogen) atoms. The van der Waals surface area contributed by atoms with Gasteiger partial charge in [0.25, 0.3) is 0 Å². The number of nitrogens with zero attached hydrogens (tertiary/aromatic N) is 5. The Kier molecular flexibility index (Phi) is 5.49. The van der Waals surface area contributed by atoms with Crippen molar-refractivity contribution < 1.29 is 9.21 Å². The van der Waals surface area contributed by atoms with Gasteiger partial charge in [0, 0.05) is 55.5 Å². The molecule has 0 aromatic carbocycles. The van der Waals surface area contributed by atoms with Gasteiger partial charge in [0.05, 0.1) is 18.8 Å². The summed E-state index contributed by atoms with van der Waals surface area (Å²) in [6, 6.07) is 7.51. The highest BCUT2D eigenvalue weighted by atomic mass is 16.3. The summed E-state index contributed by atoms with van der Waals surface area (Å²) in [5.74, 6) is 1.82. The van der Waals surface area contributed by atoms with Gasteiger partial charge < -0.3 is 13.9 Å².